The summed E-state index contributed by atoms with van der Waals surface area (Å²) in [5.41, 5.74) is 0. The molecule has 5 heterocycles. The first-order valence-corrected chi connectivity index (χ1v) is 19.6. The molecule has 0 unspecified atom stereocenters. The van der Waals surface area contributed by atoms with Gasteiger partial charge in [-0.15, -0.1) is 0 Å². The van der Waals surface area contributed by atoms with Crippen molar-refractivity contribution in [3.63, 3.8) is 0 Å². The van der Waals surface area contributed by atoms with Gasteiger partial charge in [0.25, 0.3) is 0 Å². The van der Waals surface area contributed by atoms with Crippen LogP contribution in [0.5, 0.6) is 0 Å². The predicted octanol–water partition coefficient (Wildman–Crippen LogP) is -11.6. The fourth-order valence-corrected chi connectivity index (χ4v) is 7.73. The highest BCUT2D eigenvalue weighted by Crippen LogP contribution is 2.34. The lowest BCUT2D eigenvalue weighted by Crippen LogP contribution is -2.69. The van der Waals surface area contributed by atoms with Crippen molar-refractivity contribution < 1.29 is 129 Å². The maximum atomic E-state index is 12.3. The highest BCUT2D eigenvalue weighted by molar-refractivity contribution is 5.73. The lowest BCUT2D eigenvalue weighted by molar-refractivity contribution is -0.369. The maximum Gasteiger partial charge on any atom is 0.217 e. The minimum absolute atomic E-state index is 0.744. The Morgan fingerprint density at radius 2 is 0.806 bits per heavy atom. The van der Waals surface area contributed by atoms with Crippen molar-refractivity contribution in [2.24, 2.45) is 0 Å². The Hall–Kier alpha value is -2.02. The molecule has 5 fully saturated rings. The highest BCUT2D eigenvalue weighted by atomic mass is 16.8. The monoisotopic (exact) mass is 910 g/mol. The van der Waals surface area contributed by atoms with Gasteiger partial charge in [-0.25, -0.2) is 0 Å². The molecule has 360 valence electrons. The number of hydrogen-bond acceptors (Lipinski definition) is 26. The second kappa shape index (κ2) is 22.0. The molecular formula is C34H58N2O26. The number of carbonyl (C=O) groups excluding carboxylic acids is 2. The van der Waals surface area contributed by atoms with Crippen LogP contribution in [0.15, 0.2) is 0 Å². The summed E-state index contributed by atoms with van der Waals surface area (Å²) in [4.78, 5) is 24.5. The molecule has 0 aromatic rings. The second-order valence-corrected chi connectivity index (χ2v) is 15.5. The summed E-state index contributed by atoms with van der Waals surface area (Å²) >= 11 is 0. The lowest BCUT2D eigenvalue weighted by atomic mass is 9.94. The zero-order valence-electron chi connectivity index (χ0n) is 33.2. The minimum Gasteiger partial charge on any atom is -0.394 e. The van der Waals surface area contributed by atoms with Gasteiger partial charge in [-0.1, -0.05) is 0 Å². The van der Waals surface area contributed by atoms with Crippen LogP contribution >= 0.6 is 0 Å². The van der Waals surface area contributed by atoms with E-state index in [-0.39, 0.29) is 0 Å². The third-order valence-electron chi connectivity index (χ3n) is 11.1. The summed E-state index contributed by atoms with van der Waals surface area (Å²) in [5.74, 6) is -1.53. The van der Waals surface area contributed by atoms with Gasteiger partial charge in [-0.2, -0.15) is 0 Å². The Labute approximate surface area is 351 Å². The lowest BCUT2D eigenvalue weighted by Gasteiger charge is -2.49. The van der Waals surface area contributed by atoms with E-state index >= 15 is 0 Å². The van der Waals surface area contributed by atoms with Gasteiger partial charge < -0.3 is 130 Å². The number of hydrogen-bond donors (Lipinski definition) is 17. The molecule has 5 saturated heterocycles. The average molecular weight is 911 g/mol. The van der Waals surface area contributed by atoms with E-state index in [9.17, 15) is 86.2 Å². The van der Waals surface area contributed by atoms with E-state index in [0.29, 0.717) is 0 Å². The number of nitrogens with one attached hydrogen (secondary N) is 2. The van der Waals surface area contributed by atoms with Gasteiger partial charge in [0, 0.05) is 13.8 Å². The fraction of sp³-hybridized carbons (Fsp3) is 0.941. The van der Waals surface area contributed by atoms with Crippen LogP contribution in [-0.4, -0.2) is 275 Å². The zero-order valence-corrected chi connectivity index (χ0v) is 33.2. The third-order valence-corrected chi connectivity index (χ3v) is 11.1. The molecule has 0 aromatic heterocycles. The van der Waals surface area contributed by atoms with E-state index in [1.807, 2.05) is 0 Å². The first kappa shape index (κ1) is 51.0. The van der Waals surface area contributed by atoms with Crippen LogP contribution in [0.25, 0.3) is 0 Å². The largest absolute Gasteiger partial charge is 0.394 e. The Morgan fingerprint density at radius 3 is 1.23 bits per heavy atom. The third kappa shape index (κ3) is 11.0. The van der Waals surface area contributed by atoms with E-state index in [1.54, 1.807) is 0 Å². The molecule has 0 spiro atoms. The van der Waals surface area contributed by atoms with Crippen LogP contribution in [0.4, 0.5) is 0 Å². The first-order valence-electron chi connectivity index (χ1n) is 19.6. The SMILES string of the molecule is CC(=O)N[C@H]1[C@H](OC[C@H]2O[C@@H](O)[C@H](O)[C@@H](O[C@@H]3O[C@H](CO)[C@@H](O[C@@H]4O[C@H](CO)[C@H](O)[C@H](O)[C@H]4O)[C@H](O)[C@H]3NC(C)=O)[C@H]2O)O[C@H](CO)[C@@H](O[C@@H]2O[C@H](CO)[C@H](O)[C@H](O)[C@H]2O)[C@@H]1O. The number of carbonyl (C=O) groups is 2. The molecule has 0 radical (unpaired) electrons. The molecule has 5 rings (SSSR count). The van der Waals surface area contributed by atoms with Crippen molar-refractivity contribution in [3.8, 4) is 0 Å². The molecule has 17 N–H and O–H groups in total. The van der Waals surface area contributed by atoms with E-state index in [2.05, 4.69) is 10.6 Å². The molecular weight excluding hydrogens is 852 g/mol. The van der Waals surface area contributed by atoms with Gasteiger partial charge in [-0.3, -0.25) is 9.59 Å². The quantitative estimate of drug-likeness (QED) is 0.0725. The molecule has 2 amide bonds. The molecule has 0 aliphatic carbocycles. The summed E-state index contributed by atoms with van der Waals surface area (Å²) in [5, 5.41) is 162. The van der Waals surface area contributed by atoms with Crippen molar-refractivity contribution in [3.05, 3.63) is 0 Å². The van der Waals surface area contributed by atoms with Gasteiger partial charge in [0.15, 0.2) is 31.5 Å². The Morgan fingerprint density at radius 1 is 0.419 bits per heavy atom. The van der Waals surface area contributed by atoms with Gasteiger partial charge >= 0.3 is 0 Å². The van der Waals surface area contributed by atoms with Gasteiger partial charge in [0.05, 0.1) is 33.0 Å². The Bertz CT molecular complexity index is 1440. The van der Waals surface area contributed by atoms with Crippen molar-refractivity contribution in [2.45, 2.75) is 167 Å². The average Bonchev–Trinajstić information content (AvgIpc) is 3.23. The first-order chi connectivity index (χ1) is 29.3. The summed E-state index contributed by atoms with van der Waals surface area (Å²) in [6, 6.07) is -3.22. The number of aliphatic hydroxyl groups excluding tert-OH is 15. The van der Waals surface area contributed by atoms with Crippen LogP contribution in [-0.2, 0) is 52.2 Å². The molecule has 0 bridgehead atoms. The topological polar surface area (TPSA) is 445 Å². The van der Waals surface area contributed by atoms with Gasteiger partial charge in [-0.05, 0) is 0 Å². The highest BCUT2D eigenvalue weighted by Gasteiger charge is 2.56. The summed E-state index contributed by atoms with van der Waals surface area (Å²) in [6.07, 6.45) is -41.2. The molecule has 0 saturated carbocycles. The van der Waals surface area contributed by atoms with E-state index < -0.39 is 198 Å². The maximum absolute atomic E-state index is 12.3. The molecule has 5 aliphatic rings. The van der Waals surface area contributed by atoms with Crippen LogP contribution < -0.4 is 10.6 Å². The molecule has 62 heavy (non-hydrogen) atoms. The predicted molar refractivity (Wildman–Crippen MR) is 190 cm³/mol. The minimum atomic E-state index is -2.13. The summed E-state index contributed by atoms with van der Waals surface area (Å²) in [7, 11) is 0. The summed E-state index contributed by atoms with van der Waals surface area (Å²) < 4.78 is 50.5. The molecule has 5 aliphatic heterocycles. The Balaban J connectivity index is 1.30. The molecule has 28 heteroatoms. The van der Waals surface area contributed by atoms with E-state index in [1.165, 1.54) is 0 Å². The standard InChI is InChI=1S/C34H58N2O26/c1-8(41)35-15-20(46)27(60-33-24(50)22(48)17(43)10(3-37)56-33)12(5-39)58-31(15)54-7-14-19(45)29(26(52)30(53)55-14)62-32-16(36-9(2)42)21(47)28(13(6-40)59-32)61-34-25(51)23(49)18(44)11(4-38)57-34/h10-34,37-40,43-53H,3-7H2,1-2H3,(H,35,41)(H,36,42)/t10-,11-,12-,13-,14-,15-,16-,17+,18+,19+,20-,21-,22+,23+,24-,25-,26-,27-,28-,29+,30-,31-,32+,33+,34+/m1/s1. The normalized spacial score (nSPS) is 49.0. The summed E-state index contributed by atoms with van der Waals surface area (Å²) in [6.45, 7) is -2.17. The van der Waals surface area contributed by atoms with Crippen LogP contribution in [0, 0.1) is 0 Å². The second-order valence-electron chi connectivity index (χ2n) is 15.5. The van der Waals surface area contributed by atoms with Crippen LogP contribution in [0.1, 0.15) is 13.8 Å². The van der Waals surface area contributed by atoms with Crippen molar-refractivity contribution in [2.75, 3.05) is 33.0 Å². The number of rotatable bonds is 15. The number of ether oxygens (including phenoxy) is 9. The van der Waals surface area contributed by atoms with Crippen molar-refractivity contribution >= 4 is 11.8 Å². The number of amides is 2. The van der Waals surface area contributed by atoms with Crippen LogP contribution in [0.2, 0.25) is 0 Å². The van der Waals surface area contributed by atoms with Crippen molar-refractivity contribution in [1.82, 2.24) is 10.6 Å². The smallest absolute Gasteiger partial charge is 0.217 e. The van der Waals surface area contributed by atoms with Crippen molar-refractivity contribution in [1.29, 1.82) is 0 Å². The van der Waals surface area contributed by atoms with E-state index in [4.69, 9.17) is 42.6 Å². The zero-order chi connectivity index (χ0) is 45.9. The van der Waals surface area contributed by atoms with Crippen LogP contribution in [0.3, 0.4) is 0 Å². The Kier molecular flexibility index (Phi) is 18.1. The van der Waals surface area contributed by atoms with E-state index in [0.717, 1.165) is 13.8 Å². The van der Waals surface area contributed by atoms with Gasteiger partial charge in [0.2, 0.25) is 11.8 Å². The molecule has 0 aromatic carbocycles. The van der Waals surface area contributed by atoms with Gasteiger partial charge in [0.1, 0.15) is 122 Å². The molecule has 28 nitrogen and oxygen atoms in total. The fourth-order valence-electron chi connectivity index (χ4n) is 7.73. The molecule has 25 atom stereocenters. The number of aliphatic hydroxyl groups is 15.